The van der Waals surface area contributed by atoms with Crippen molar-refractivity contribution in [2.24, 2.45) is 17.6 Å². The Morgan fingerprint density at radius 1 is 1.29 bits per heavy atom. The topological polar surface area (TPSA) is 81.4 Å². The van der Waals surface area contributed by atoms with Crippen LogP contribution >= 0.6 is 12.4 Å². The maximum atomic E-state index is 11.5. The fourth-order valence-corrected chi connectivity index (χ4v) is 1.02. The first kappa shape index (κ1) is 18.6. The van der Waals surface area contributed by atoms with Crippen molar-refractivity contribution >= 4 is 24.3 Å². The third-order valence-corrected chi connectivity index (χ3v) is 2.47. The van der Waals surface area contributed by atoms with E-state index in [-0.39, 0.29) is 48.7 Å². The first-order valence-electron chi connectivity index (χ1n) is 5.60. The van der Waals surface area contributed by atoms with Crippen molar-refractivity contribution in [3.8, 4) is 0 Å². The molecule has 0 fully saturated rings. The van der Waals surface area contributed by atoms with Crippen molar-refractivity contribution in [1.29, 1.82) is 0 Å². The van der Waals surface area contributed by atoms with Gasteiger partial charge in [0.1, 0.15) is 0 Å². The number of halogens is 1. The van der Waals surface area contributed by atoms with Gasteiger partial charge in [-0.1, -0.05) is 13.8 Å². The van der Waals surface area contributed by atoms with E-state index in [1.165, 1.54) is 0 Å². The zero-order valence-corrected chi connectivity index (χ0v) is 11.7. The van der Waals surface area contributed by atoms with Crippen molar-refractivity contribution in [2.45, 2.75) is 33.7 Å². The predicted molar refractivity (Wildman–Crippen MR) is 68.9 cm³/mol. The molecule has 0 heterocycles. The third kappa shape index (κ3) is 7.18. The van der Waals surface area contributed by atoms with Gasteiger partial charge in [0.2, 0.25) is 5.91 Å². The van der Waals surface area contributed by atoms with E-state index < -0.39 is 0 Å². The van der Waals surface area contributed by atoms with Crippen molar-refractivity contribution in [2.75, 3.05) is 13.2 Å². The third-order valence-electron chi connectivity index (χ3n) is 2.47. The minimum atomic E-state index is -0.329. The van der Waals surface area contributed by atoms with Gasteiger partial charge in [-0.15, -0.1) is 12.4 Å². The van der Waals surface area contributed by atoms with Crippen LogP contribution in [0.1, 0.15) is 27.7 Å². The predicted octanol–water partition coefficient (Wildman–Crippen LogP) is 0.707. The second-order valence-corrected chi connectivity index (χ2v) is 4.05. The first-order chi connectivity index (χ1) is 7.40. The summed E-state index contributed by atoms with van der Waals surface area (Å²) in [5.74, 6) is -1.01. The van der Waals surface area contributed by atoms with Crippen LogP contribution in [0.25, 0.3) is 0 Å². The molecule has 0 aromatic carbocycles. The van der Waals surface area contributed by atoms with E-state index in [9.17, 15) is 9.59 Å². The zero-order valence-electron chi connectivity index (χ0n) is 10.9. The van der Waals surface area contributed by atoms with Gasteiger partial charge in [0.25, 0.3) is 0 Å². The molecule has 0 aromatic heterocycles. The standard InChI is InChI=1S/C11H22N2O3.ClH/c1-5-16-11(15)7(2)6-13-10(14)8(3)9(4)12;/h7-9H,5-6,12H2,1-4H3,(H,13,14);1H. The van der Waals surface area contributed by atoms with Crippen LogP contribution < -0.4 is 11.1 Å². The summed E-state index contributed by atoms with van der Waals surface area (Å²) in [6.07, 6.45) is 0. The SMILES string of the molecule is CCOC(=O)C(C)CNC(=O)C(C)C(C)N.Cl. The second-order valence-electron chi connectivity index (χ2n) is 4.05. The van der Waals surface area contributed by atoms with E-state index in [1.807, 2.05) is 0 Å². The minimum Gasteiger partial charge on any atom is -0.466 e. The number of amides is 1. The molecular formula is C11H23ClN2O3. The van der Waals surface area contributed by atoms with Crippen LogP contribution in [0.5, 0.6) is 0 Å². The van der Waals surface area contributed by atoms with Crippen LogP contribution in [0.4, 0.5) is 0 Å². The molecule has 0 saturated heterocycles. The molecule has 0 aromatic rings. The molecule has 3 unspecified atom stereocenters. The Kier molecular flexibility index (Phi) is 10.1. The molecule has 3 atom stereocenters. The smallest absolute Gasteiger partial charge is 0.310 e. The van der Waals surface area contributed by atoms with Gasteiger partial charge in [-0.05, 0) is 13.8 Å². The van der Waals surface area contributed by atoms with Crippen LogP contribution in [0.3, 0.4) is 0 Å². The zero-order chi connectivity index (χ0) is 12.7. The van der Waals surface area contributed by atoms with E-state index in [0.717, 1.165) is 0 Å². The van der Waals surface area contributed by atoms with E-state index >= 15 is 0 Å². The Hall–Kier alpha value is -0.810. The highest BCUT2D eigenvalue weighted by molar-refractivity contribution is 5.85. The molecule has 0 rings (SSSR count). The summed E-state index contributed by atoms with van der Waals surface area (Å²) >= 11 is 0. The molecule has 0 aliphatic heterocycles. The maximum absolute atomic E-state index is 11.5. The number of ether oxygens (including phenoxy) is 1. The van der Waals surface area contributed by atoms with E-state index in [4.69, 9.17) is 10.5 Å². The second kappa shape index (κ2) is 9.24. The number of nitrogens with two attached hydrogens (primary N) is 1. The van der Waals surface area contributed by atoms with E-state index in [0.29, 0.717) is 6.61 Å². The molecule has 0 spiro atoms. The fourth-order valence-electron chi connectivity index (χ4n) is 1.02. The van der Waals surface area contributed by atoms with Gasteiger partial charge in [-0.3, -0.25) is 9.59 Å². The van der Waals surface area contributed by atoms with E-state index in [1.54, 1.807) is 27.7 Å². The largest absolute Gasteiger partial charge is 0.466 e. The number of hydrogen-bond donors (Lipinski definition) is 2. The van der Waals surface area contributed by atoms with Crippen LogP contribution in [0.15, 0.2) is 0 Å². The summed E-state index contributed by atoms with van der Waals surface area (Å²) in [5, 5.41) is 2.68. The van der Waals surface area contributed by atoms with Crippen molar-refractivity contribution in [3.63, 3.8) is 0 Å². The lowest BCUT2D eigenvalue weighted by atomic mass is 10.0. The molecule has 17 heavy (non-hydrogen) atoms. The minimum absolute atomic E-state index is 0. The van der Waals surface area contributed by atoms with Crippen LogP contribution in [-0.2, 0) is 14.3 Å². The molecule has 102 valence electrons. The van der Waals surface area contributed by atoms with Crippen LogP contribution in [-0.4, -0.2) is 31.1 Å². The number of nitrogens with one attached hydrogen (secondary N) is 1. The summed E-state index contributed by atoms with van der Waals surface area (Å²) in [7, 11) is 0. The van der Waals surface area contributed by atoms with Gasteiger partial charge in [0, 0.05) is 18.5 Å². The summed E-state index contributed by atoms with van der Waals surface area (Å²) in [6, 6.07) is -0.196. The fraction of sp³-hybridized carbons (Fsp3) is 0.818. The van der Waals surface area contributed by atoms with Gasteiger partial charge in [0.15, 0.2) is 0 Å². The number of carbonyl (C=O) groups is 2. The lowest BCUT2D eigenvalue weighted by Gasteiger charge is -2.17. The molecule has 5 nitrogen and oxygen atoms in total. The Balaban J connectivity index is 0. The van der Waals surface area contributed by atoms with Gasteiger partial charge in [-0.25, -0.2) is 0 Å². The molecular weight excluding hydrogens is 244 g/mol. The Bertz CT molecular complexity index is 247. The normalized spacial score (nSPS) is 15.1. The van der Waals surface area contributed by atoms with Gasteiger partial charge >= 0.3 is 5.97 Å². The molecule has 1 amide bonds. The monoisotopic (exact) mass is 266 g/mol. The summed E-state index contributed by atoms with van der Waals surface area (Å²) in [6.45, 7) is 7.65. The molecule has 0 aliphatic carbocycles. The number of esters is 1. The average Bonchev–Trinajstić information content (AvgIpc) is 2.24. The highest BCUT2D eigenvalue weighted by atomic mass is 35.5. The number of rotatable bonds is 6. The summed E-state index contributed by atoms with van der Waals surface area (Å²) in [4.78, 5) is 22.8. The molecule has 0 radical (unpaired) electrons. The van der Waals surface area contributed by atoms with E-state index in [2.05, 4.69) is 5.32 Å². The average molecular weight is 267 g/mol. The Morgan fingerprint density at radius 2 is 1.82 bits per heavy atom. The Labute approximate surface area is 109 Å². The highest BCUT2D eigenvalue weighted by Gasteiger charge is 2.19. The maximum Gasteiger partial charge on any atom is 0.310 e. The lowest BCUT2D eigenvalue weighted by Crippen LogP contribution is -2.41. The first-order valence-corrected chi connectivity index (χ1v) is 5.60. The van der Waals surface area contributed by atoms with Crippen LogP contribution in [0.2, 0.25) is 0 Å². The Morgan fingerprint density at radius 3 is 2.24 bits per heavy atom. The summed E-state index contributed by atoms with van der Waals surface area (Å²) in [5.41, 5.74) is 5.60. The number of hydrogen-bond acceptors (Lipinski definition) is 4. The van der Waals surface area contributed by atoms with Gasteiger partial charge in [-0.2, -0.15) is 0 Å². The van der Waals surface area contributed by atoms with Gasteiger partial charge < -0.3 is 15.8 Å². The summed E-state index contributed by atoms with van der Waals surface area (Å²) < 4.78 is 4.83. The lowest BCUT2D eigenvalue weighted by molar-refractivity contribution is -0.147. The molecule has 3 N–H and O–H groups in total. The highest BCUT2D eigenvalue weighted by Crippen LogP contribution is 2.01. The molecule has 0 aliphatic rings. The van der Waals surface area contributed by atoms with Crippen molar-refractivity contribution < 1.29 is 14.3 Å². The van der Waals surface area contributed by atoms with Gasteiger partial charge in [0.05, 0.1) is 12.5 Å². The molecule has 6 heteroatoms. The van der Waals surface area contributed by atoms with Crippen molar-refractivity contribution in [3.05, 3.63) is 0 Å². The molecule has 0 saturated carbocycles. The quantitative estimate of drug-likeness (QED) is 0.694. The van der Waals surface area contributed by atoms with Crippen LogP contribution in [0, 0.1) is 11.8 Å². The van der Waals surface area contributed by atoms with Crippen molar-refractivity contribution in [1.82, 2.24) is 5.32 Å². The number of carbonyl (C=O) groups excluding carboxylic acids is 2. The molecule has 0 bridgehead atoms.